The van der Waals surface area contributed by atoms with Crippen LogP contribution < -0.4 is 19.1 Å². The molecule has 0 aliphatic rings. The first-order valence-corrected chi connectivity index (χ1v) is 14.2. The van der Waals surface area contributed by atoms with Crippen molar-refractivity contribution < 1.29 is 22.7 Å². The molecule has 0 saturated heterocycles. The molecule has 1 N–H and O–H groups in total. The predicted octanol–water partition coefficient (Wildman–Crippen LogP) is 4.99. The second-order valence-corrected chi connectivity index (χ2v) is 11.1. The monoisotopic (exact) mass is 548 g/mol. The van der Waals surface area contributed by atoms with Gasteiger partial charge in [-0.1, -0.05) is 35.9 Å². The number of hydrogen-bond acceptors (Lipinski definition) is 6. The number of benzene rings is 3. The Hall–Kier alpha value is -2.88. The smallest absolute Gasteiger partial charge is 0.264 e. The van der Waals surface area contributed by atoms with Crippen molar-refractivity contribution in [1.29, 1.82) is 0 Å². The van der Waals surface area contributed by atoms with E-state index in [-0.39, 0.29) is 17.1 Å². The first kappa shape index (κ1) is 27.7. The van der Waals surface area contributed by atoms with Gasteiger partial charge >= 0.3 is 0 Å². The minimum atomic E-state index is -4.06. The van der Waals surface area contributed by atoms with Gasteiger partial charge < -0.3 is 14.8 Å². The van der Waals surface area contributed by atoms with Gasteiger partial charge in [0.2, 0.25) is 5.91 Å². The zero-order chi connectivity index (χ0) is 26.0. The summed E-state index contributed by atoms with van der Waals surface area (Å²) >= 11 is 7.76. The molecule has 192 valence electrons. The van der Waals surface area contributed by atoms with Gasteiger partial charge in [-0.3, -0.25) is 9.10 Å². The number of carbonyl (C=O) groups is 1. The molecule has 36 heavy (non-hydrogen) atoms. The Labute approximate surface area is 221 Å². The summed E-state index contributed by atoms with van der Waals surface area (Å²) in [5.74, 6) is 2.14. The average Bonchev–Trinajstić information content (AvgIpc) is 2.89. The van der Waals surface area contributed by atoms with Crippen molar-refractivity contribution in [1.82, 2.24) is 5.32 Å². The first-order valence-electron chi connectivity index (χ1n) is 11.2. The van der Waals surface area contributed by atoms with E-state index in [1.165, 1.54) is 26.4 Å². The predicted molar refractivity (Wildman–Crippen MR) is 146 cm³/mol. The minimum absolute atomic E-state index is 0.0411. The van der Waals surface area contributed by atoms with Gasteiger partial charge in [-0.25, -0.2) is 8.42 Å². The van der Waals surface area contributed by atoms with E-state index < -0.39 is 15.9 Å². The van der Waals surface area contributed by atoms with Gasteiger partial charge in [0.25, 0.3) is 10.0 Å². The third-order valence-electron chi connectivity index (χ3n) is 5.23. The number of halogens is 1. The second-order valence-electron chi connectivity index (χ2n) is 7.75. The fourth-order valence-corrected chi connectivity index (χ4v) is 5.97. The van der Waals surface area contributed by atoms with E-state index >= 15 is 0 Å². The van der Waals surface area contributed by atoms with Crippen LogP contribution in [0.5, 0.6) is 11.5 Å². The molecular weight excluding hydrogens is 520 g/mol. The SMILES string of the molecule is COc1ccc(S(=O)(=O)N(CC(=O)NCCCSCc2cccc(Cl)c2)c2ccccc2OC)cc1. The molecule has 0 heterocycles. The third-order valence-corrected chi connectivity index (χ3v) is 8.36. The summed E-state index contributed by atoms with van der Waals surface area (Å²) in [4.78, 5) is 12.8. The van der Waals surface area contributed by atoms with Crippen LogP contribution in [0.4, 0.5) is 5.69 Å². The van der Waals surface area contributed by atoms with Gasteiger partial charge in [-0.15, -0.1) is 0 Å². The summed E-state index contributed by atoms with van der Waals surface area (Å²) < 4.78 is 38.7. The molecule has 0 aromatic heterocycles. The molecule has 0 atom stereocenters. The summed E-state index contributed by atoms with van der Waals surface area (Å²) in [6, 6.07) is 20.5. The fourth-order valence-electron chi connectivity index (χ4n) is 3.42. The standard InChI is InChI=1S/C26H29ClN2O5S2/c1-33-22-11-13-23(14-12-22)36(31,32)29(24-9-3-4-10-25(24)34-2)18-26(30)28-15-6-16-35-19-20-7-5-8-21(27)17-20/h3-5,7-14,17H,6,15-16,18-19H2,1-2H3,(H,28,30). The van der Waals surface area contributed by atoms with E-state index in [4.69, 9.17) is 21.1 Å². The summed E-state index contributed by atoms with van der Waals surface area (Å²) in [7, 11) is -1.10. The number of sulfonamides is 1. The molecule has 3 aromatic rings. The zero-order valence-corrected chi connectivity index (χ0v) is 22.5. The number of carbonyl (C=O) groups excluding carboxylic acids is 1. The molecular formula is C26H29ClN2O5S2. The number of methoxy groups -OCH3 is 2. The lowest BCUT2D eigenvalue weighted by Crippen LogP contribution is -2.41. The van der Waals surface area contributed by atoms with Gasteiger partial charge in [0.15, 0.2) is 0 Å². The quantitative estimate of drug-likeness (QED) is 0.303. The van der Waals surface area contributed by atoms with Gasteiger partial charge in [-0.05, 0) is 66.3 Å². The van der Waals surface area contributed by atoms with Gasteiger partial charge in [0.05, 0.1) is 24.8 Å². The molecule has 0 fully saturated rings. The highest BCUT2D eigenvalue weighted by Gasteiger charge is 2.29. The summed E-state index contributed by atoms with van der Waals surface area (Å²) in [5.41, 5.74) is 1.43. The van der Waals surface area contributed by atoms with Crippen LogP contribution in [-0.4, -0.2) is 47.4 Å². The maximum absolute atomic E-state index is 13.5. The Morgan fingerprint density at radius 3 is 2.44 bits per heavy atom. The van der Waals surface area contributed by atoms with Crippen molar-refractivity contribution in [2.24, 2.45) is 0 Å². The van der Waals surface area contributed by atoms with Crippen molar-refractivity contribution in [3.05, 3.63) is 83.4 Å². The summed E-state index contributed by atoms with van der Waals surface area (Å²) in [5, 5.41) is 3.54. The number of nitrogens with one attached hydrogen (secondary N) is 1. The molecule has 0 aliphatic heterocycles. The molecule has 1 amide bonds. The Bertz CT molecular complexity index is 1250. The number of amides is 1. The molecule has 0 bridgehead atoms. The number of ether oxygens (including phenoxy) is 2. The lowest BCUT2D eigenvalue weighted by atomic mass is 10.2. The van der Waals surface area contributed by atoms with Crippen LogP contribution in [0.2, 0.25) is 5.02 Å². The topological polar surface area (TPSA) is 84.9 Å². The fraction of sp³-hybridized carbons (Fsp3) is 0.269. The Kier molecular flexibility index (Phi) is 10.3. The Morgan fingerprint density at radius 2 is 1.75 bits per heavy atom. The maximum atomic E-state index is 13.5. The van der Waals surface area contributed by atoms with Gasteiger partial charge in [0.1, 0.15) is 18.0 Å². The van der Waals surface area contributed by atoms with Crippen molar-refractivity contribution in [2.75, 3.05) is 37.4 Å². The molecule has 10 heteroatoms. The number of anilines is 1. The van der Waals surface area contributed by atoms with E-state index in [0.29, 0.717) is 23.1 Å². The Balaban J connectivity index is 1.64. The first-order chi connectivity index (χ1) is 17.3. The minimum Gasteiger partial charge on any atom is -0.497 e. The van der Waals surface area contributed by atoms with Crippen LogP contribution in [-0.2, 0) is 20.6 Å². The van der Waals surface area contributed by atoms with Crippen molar-refractivity contribution in [2.45, 2.75) is 17.1 Å². The summed E-state index contributed by atoms with van der Waals surface area (Å²) in [6.07, 6.45) is 0.747. The van der Waals surface area contributed by atoms with Crippen LogP contribution >= 0.6 is 23.4 Å². The zero-order valence-electron chi connectivity index (χ0n) is 20.1. The van der Waals surface area contributed by atoms with E-state index in [1.807, 2.05) is 24.3 Å². The highest BCUT2D eigenvalue weighted by Crippen LogP contribution is 2.32. The van der Waals surface area contributed by atoms with Crippen molar-refractivity contribution in [3.63, 3.8) is 0 Å². The molecule has 0 aliphatic carbocycles. The molecule has 7 nitrogen and oxygen atoms in total. The maximum Gasteiger partial charge on any atom is 0.264 e. The number of nitrogens with zero attached hydrogens (tertiary/aromatic N) is 1. The van der Waals surface area contributed by atoms with E-state index in [1.54, 1.807) is 48.2 Å². The largest absolute Gasteiger partial charge is 0.497 e. The summed E-state index contributed by atoms with van der Waals surface area (Å²) in [6.45, 7) is 0.0497. The number of thioether (sulfide) groups is 1. The number of hydrogen-bond donors (Lipinski definition) is 1. The molecule has 0 radical (unpaired) electrons. The molecule has 0 spiro atoms. The van der Waals surface area contributed by atoms with Crippen LogP contribution in [0, 0.1) is 0 Å². The van der Waals surface area contributed by atoms with Crippen LogP contribution in [0.3, 0.4) is 0 Å². The highest BCUT2D eigenvalue weighted by molar-refractivity contribution is 7.98. The molecule has 0 unspecified atom stereocenters. The molecule has 3 rings (SSSR count). The number of para-hydroxylation sites is 2. The lowest BCUT2D eigenvalue weighted by molar-refractivity contribution is -0.119. The van der Waals surface area contributed by atoms with Crippen molar-refractivity contribution >= 4 is 45.0 Å². The average molecular weight is 549 g/mol. The van der Waals surface area contributed by atoms with Gasteiger partial charge in [0, 0.05) is 17.3 Å². The molecule has 0 saturated carbocycles. The van der Waals surface area contributed by atoms with E-state index in [9.17, 15) is 13.2 Å². The third kappa shape index (κ3) is 7.56. The Morgan fingerprint density at radius 1 is 1.00 bits per heavy atom. The lowest BCUT2D eigenvalue weighted by Gasteiger charge is -2.25. The van der Waals surface area contributed by atoms with Crippen LogP contribution in [0.15, 0.2) is 77.7 Å². The highest BCUT2D eigenvalue weighted by atomic mass is 35.5. The van der Waals surface area contributed by atoms with Crippen LogP contribution in [0.1, 0.15) is 12.0 Å². The van der Waals surface area contributed by atoms with Gasteiger partial charge in [-0.2, -0.15) is 11.8 Å². The number of rotatable bonds is 13. The van der Waals surface area contributed by atoms with Crippen molar-refractivity contribution in [3.8, 4) is 11.5 Å². The second kappa shape index (κ2) is 13.4. The van der Waals surface area contributed by atoms with E-state index in [0.717, 1.165) is 27.8 Å². The van der Waals surface area contributed by atoms with Crippen LogP contribution in [0.25, 0.3) is 0 Å². The van der Waals surface area contributed by atoms with E-state index in [2.05, 4.69) is 5.32 Å². The normalized spacial score (nSPS) is 11.1. The molecule has 3 aromatic carbocycles.